The molecule has 1 N–H and O–H groups in total. The van der Waals surface area contributed by atoms with E-state index in [2.05, 4.69) is 0 Å². The van der Waals surface area contributed by atoms with Crippen molar-refractivity contribution in [1.82, 2.24) is 0 Å². The number of carbonyl (C=O) groups excluding carboxylic acids is 1. The quantitative estimate of drug-likeness (QED) is 0.428. The summed E-state index contributed by atoms with van der Waals surface area (Å²) in [5, 5.41) is 9.10. The van der Waals surface area contributed by atoms with E-state index in [4.69, 9.17) is 11.5 Å². The van der Waals surface area contributed by atoms with Crippen molar-refractivity contribution in [2.24, 2.45) is 0 Å². The predicted molar refractivity (Wildman–Crippen MR) is 34.8 cm³/mol. The van der Waals surface area contributed by atoms with Gasteiger partial charge in [-0.25, -0.2) is 0 Å². The second kappa shape index (κ2) is 2.65. The summed E-state index contributed by atoms with van der Waals surface area (Å²) in [7, 11) is 0. The Morgan fingerprint density at radius 2 is 2.33 bits per heavy atom. The monoisotopic (exact) mass is 126 g/mol. The van der Waals surface area contributed by atoms with Gasteiger partial charge in [-0.05, 0) is 19.3 Å². The molecule has 0 saturated heterocycles. The van der Waals surface area contributed by atoms with Crippen LogP contribution in [0.1, 0.15) is 20.3 Å². The molecule has 0 amide bonds. The number of aliphatic hydroxyl groups is 1. The molecule has 0 rings (SSSR count). The molecule has 2 nitrogen and oxygen atoms in total. The highest BCUT2D eigenvalue weighted by Gasteiger charge is 2.25. The molecule has 0 fully saturated rings. The molecule has 50 valence electrons. The average molecular weight is 126 g/mol. The number of hydrogen-bond donors (Lipinski definition) is 1. The van der Waals surface area contributed by atoms with Gasteiger partial charge in [0, 0.05) is 0 Å². The van der Waals surface area contributed by atoms with E-state index in [9.17, 15) is 4.79 Å². The fourth-order valence-corrected chi connectivity index (χ4v) is 0.316. The van der Waals surface area contributed by atoms with Gasteiger partial charge in [-0.1, -0.05) is 6.92 Å². The molecule has 1 atom stereocenters. The number of carbonyl (C=O) groups is 1. The molecule has 0 aliphatic rings. The first-order chi connectivity index (χ1) is 4.04. The SMILES string of the molecule is C#CC(=O)C(C)(O)CC. The third-order valence-corrected chi connectivity index (χ3v) is 1.31. The average Bonchev–Trinajstić information content (AvgIpc) is 1.86. The minimum atomic E-state index is -1.32. The lowest BCUT2D eigenvalue weighted by atomic mass is 9.99. The van der Waals surface area contributed by atoms with Gasteiger partial charge in [-0.3, -0.25) is 4.79 Å². The van der Waals surface area contributed by atoms with Crippen LogP contribution >= 0.6 is 0 Å². The third kappa shape index (κ3) is 1.87. The molecular formula is C7H10O2. The molecule has 2 heteroatoms. The largest absolute Gasteiger partial charge is 0.381 e. The molecule has 0 heterocycles. The number of rotatable bonds is 2. The van der Waals surface area contributed by atoms with E-state index < -0.39 is 11.4 Å². The fourth-order valence-electron chi connectivity index (χ4n) is 0.316. The van der Waals surface area contributed by atoms with Crippen LogP contribution in [0.4, 0.5) is 0 Å². The van der Waals surface area contributed by atoms with Crippen LogP contribution in [0.5, 0.6) is 0 Å². The van der Waals surface area contributed by atoms with Crippen LogP contribution in [0.15, 0.2) is 0 Å². The van der Waals surface area contributed by atoms with E-state index >= 15 is 0 Å². The first-order valence-electron chi connectivity index (χ1n) is 2.78. The maximum Gasteiger partial charge on any atom is 0.236 e. The van der Waals surface area contributed by atoms with Crippen molar-refractivity contribution in [2.75, 3.05) is 0 Å². The maximum atomic E-state index is 10.6. The molecule has 0 saturated carbocycles. The van der Waals surface area contributed by atoms with Crippen molar-refractivity contribution in [2.45, 2.75) is 25.9 Å². The predicted octanol–water partition coefficient (Wildman–Crippen LogP) is 0.350. The molecule has 0 aromatic rings. The first-order valence-corrected chi connectivity index (χ1v) is 2.78. The Morgan fingerprint density at radius 1 is 1.89 bits per heavy atom. The van der Waals surface area contributed by atoms with Gasteiger partial charge in [0.1, 0.15) is 5.60 Å². The Morgan fingerprint density at radius 3 is 2.44 bits per heavy atom. The second-order valence-corrected chi connectivity index (χ2v) is 2.10. The highest BCUT2D eigenvalue weighted by molar-refractivity contribution is 6.01. The molecule has 0 spiro atoms. The highest BCUT2D eigenvalue weighted by atomic mass is 16.3. The van der Waals surface area contributed by atoms with Gasteiger partial charge in [-0.15, -0.1) is 6.42 Å². The van der Waals surface area contributed by atoms with Crippen molar-refractivity contribution in [3.05, 3.63) is 0 Å². The molecule has 1 unspecified atom stereocenters. The topological polar surface area (TPSA) is 37.3 Å². The Kier molecular flexibility index (Phi) is 2.41. The lowest BCUT2D eigenvalue weighted by Gasteiger charge is -2.14. The van der Waals surface area contributed by atoms with Crippen LogP contribution in [0.3, 0.4) is 0 Å². The van der Waals surface area contributed by atoms with Gasteiger partial charge in [0.05, 0.1) is 0 Å². The summed E-state index contributed by atoms with van der Waals surface area (Å²) >= 11 is 0. The Balaban J connectivity index is 4.19. The summed E-state index contributed by atoms with van der Waals surface area (Å²) in [6, 6.07) is 0. The van der Waals surface area contributed by atoms with Crippen LogP contribution in [0.2, 0.25) is 0 Å². The molecule has 0 radical (unpaired) electrons. The lowest BCUT2D eigenvalue weighted by Crippen LogP contribution is -2.32. The van der Waals surface area contributed by atoms with E-state index in [0.29, 0.717) is 6.42 Å². The van der Waals surface area contributed by atoms with Gasteiger partial charge in [0.2, 0.25) is 5.78 Å². The Bertz CT molecular complexity index is 151. The van der Waals surface area contributed by atoms with Crippen molar-refractivity contribution in [3.8, 4) is 12.3 Å². The van der Waals surface area contributed by atoms with E-state index in [1.807, 2.05) is 5.92 Å². The summed E-state index contributed by atoms with van der Waals surface area (Å²) in [6.45, 7) is 3.12. The zero-order valence-electron chi connectivity index (χ0n) is 5.64. The first kappa shape index (κ1) is 8.19. The molecule has 0 bridgehead atoms. The normalized spacial score (nSPS) is 15.8. The van der Waals surface area contributed by atoms with Gasteiger partial charge in [0.15, 0.2) is 0 Å². The van der Waals surface area contributed by atoms with Gasteiger partial charge >= 0.3 is 0 Å². The second-order valence-electron chi connectivity index (χ2n) is 2.10. The summed E-state index contributed by atoms with van der Waals surface area (Å²) in [5.74, 6) is 1.32. The summed E-state index contributed by atoms with van der Waals surface area (Å²) in [4.78, 5) is 10.6. The van der Waals surface area contributed by atoms with Gasteiger partial charge in [0.25, 0.3) is 0 Å². The molecule has 9 heavy (non-hydrogen) atoms. The van der Waals surface area contributed by atoms with Gasteiger partial charge in [-0.2, -0.15) is 0 Å². The standard InChI is InChI=1S/C7H10O2/c1-4-6(8)7(3,9)5-2/h1,9H,5H2,2-3H3. The van der Waals surface area contributed by atoms with E-state index in [1.54, 1.807) is 6.92 Å². The van der Waals surface area contributed by atoms with Crippen molar-refractivity contribution in [3.63, 3.8) is 0 Å². The Hall–Kier alpha value is -0.810. The molecule has 0 aliphatic heterocycles. The van der Waals surface area contributed by atoms with E-state index in [1.165, 1.54) is 6.92 Å². The molecule has 0 aliphatic carbocycles. The maximum absolute atomic E-state index is 10.6. The summed E-state index contributed by atoms with van der Waals surface area (Å²) in [5.41, 5.74) is -1.32. The van der Waals surface area contributed by atoms with Crippen LogP contribution in [0.25, 0.3) is 0 Å². The zero-order valence-corrected chi connectivity index (χ0v) is 5.64. The fraction of sp³-hybridized carbons (Fsp3) is 0.571. The lowest BCUT2D eigenvalue weighted by molar-refractivity contribution is -0.129. The van der Waals surface area contributed by atoms with Crippen LogP contribution in [0, 0.1) is 12.3 Å². The third-order valence-electron chi connectivity index (χ3n) is 1.31. The van der Waals surface area contributed by atoms with Crippen LogP contribution < -0.4 is 0 Å². The van der Waals surface area contributed by atoms with Crippen molar-refractivity contribution >= 4 is 5.78 Å². The zero-order chi connectivity index (χ0) is 7.49. The Labute approximate surface area is 54.9 Å². The molecule has 0 aromatic carbocycles. The number of ketones is 1. The smallest absolute Gasteiger partial charge is 0.236 e. The summed E-state index contributed by atoms with van der Waals surface area (Å²) < 4.78 is 0. The van der Waals surface area contributed by atoms with Gasteiger partial charge < -0.3 is 5.11 Å². The summed E-state index contributed by atoms with van der Waals surface area (Å²) in [6.07, 6.45) is 5.13. The van der Waals surface area contributed by atoms with Crippen LogP contribution in [-0.2, 0) is 4.79 Å². The number of hydrogen-bond acceptors (Lipinski definition) is 2. The minimum Gasteiger partial charge on any atom is -0.381 e. The van der Waals surface area contributed by atoms with Crippen molar-refractivity contribution in [1.29, 1.82) is 0 Å². The van der Waals surface area contributed by atoms with Crippen LogP contribution in [-0.4, -0.2) is 16.5 Å². The molecule has 0 aromatic heterocycles. The number of terminal acetylenes is 1. The van der Waals surface area contributed by atoms with E-state index in [-0.39, 0.29) is 0 Å². The number of Topliss-reactive ketones (excluding diaryl/α,β-unsaturated/α-hetero) is 1. The molecular weight excluding hydrogens is 116 g/mol. The minimum absolute atomic E-state index is 0.357. The van der Waals surface area contributed by atoms with Crippen molar-refractivity contribution < 1.29 is 9.90 Å². The van der Waals surface area contributed by atoms with E-state index in [0.717, 1.165) is 0 Å². The highest BCUT2D eigenvalue weighted by Crippen LogP contribution is 2.08.